The maximum atomic E-state index is 12.6. The van der Waals surface area contributed by atoms with Crippen LogP contribution in [0.2, 0.25) is 0 Å². The van der Waals surface area contributed by atoms with Crippen molar-refractivity contribution in [3.8, 4) is 5.75 Å². The van der Waals surface area contributed by atoms with E-state index in [0.29, 0.717) is 11.4 Å². The Labute approximate surface area is 157 Å². The van der Waals surface area contributed by atoms with Gasteiger partial charge in [0.05, 0.1) is 5.41 Å². The molecule has 2 saturated carbocycles. The fourth-order valence-electron chi connectivity index (χ4n) is 6.65. The van der Waals surface area contributed by atoms with Gasteiger partial charge in [0.25, 0.3) is 0 Å². The topological polar surface area (TPSA) is 71.3 Å². The molecule has 1 spiro atoms. The van der Waals surface area contributed by atoms with Crippen LogP contribution in [-0.4, -0.2) is 35.7 Å². The first-order chi connectivity index (χ1) is 13.1. The number of rotatable bonds is 4. The van der Waals surface area contributed by atoms with Gasteiger partial charge >= 0.3 is 0 Å². The van der Waals surface area contributed by atoms with E-state index in [9.17, 15) is 9.81 Å². The third-order valence-electron chi connectivity index (χ3n) is 7.97. The highest BCUT2D eigenvalue weighted by molar-refractivity contribution is 5.69. The van der Waals surface area contributed by atoms with Crippen molar-refractivity contribution in [1.29, 1.82) is 0 Å². The molecule has 2 heterocycles. The molecule has 0 amide bonds. The lowest BCUT2D eigenvalue weighted by Gasteiger charge is -2.62. The number of nitroso groups, excluding NO2 is 2. The Balaban J connectivity index is 1.61. The SMILES string of the molecule is C=C1CC[C@@]2(N=O)[C@H]3Cc4ccc(N=O)c5c4[C@@]2(CCN3CC2CC2)[C@H]1O5. The summed E-state index contributed by atoms with van der Waals surface area (Å²) in [6, 6.07) is 3.89. The van der Waals surface area contributed by atoms with Crippen LogP contribution in [0.1, 0.15) is 43.2 Å². The molecule has 6 rings (SSSR count). The number of hydrogen-bond donors (Lipinski definition) is 0. The Morgan fingerprint density at radius 3 is 2.85 bits per heavy atom. The van der Waals surface area contributed by atoms with E-state index < -0.39 is 11.0 Å². The summed E-state index contributed by atoms with van der Waals surface area (Å²) in [7, 11) is 0. The smallest absolute Gasteiger partial charge is 0.153 e. The lowest BCUT2D eigenvalue weighted by molar-refractivity contribution is -0.0533. The quantitative estimate of drug-likeness (QED) is 0.598. The molecule has 6 heteroatoms. The highest BCUT2D eigenvalue weighted by Crippen LogP contribution is 2.67. The first-order valence-electron chi connectivity index (χ1n) is 10.1. The van der Waals surface area contributed by atoms with Crippen LogP contribution in [0.15, 0.2) is 34.6 Å². The van der Waals surface area contributed by atoms with Gasteiger partial charge in [-0.15, -0.1) is 4.91 Å². The fraction of sp³-hybridized carbons (Fsp3) is 0.619. The minimum atomic E-state index is -0.703. The first kappa shape index (κ1) is 15.9. The van der Waals surface area contributed by atoms with Crippen molar-refractivity contribution < 1.29 is 4.74 Å². The fourth-order valence-corrected chi connectivity index (χ4v) is 6.65. The molecule has 27 heavy (non-hydrogen) atoms. The average molecular weight is 365 g/mol. The Kier molecular flexibility index (Phi) is 2.97. The lowest BCUT2D eigenvalue weighted by atomic mass is 9.47. The maximum Gasteiger partial charge on any atom is 0.153 e. The molecule has 3 aliphatic carbocycles. The van der Waals surface area contributed by atoms with Crippen LogP contribution in [0.25, 0.3) is 0 Å². The van der Waals surface area contributed by atoms with E-state index in [0.717, 1.165) is 55.8 Å². The van der Waals surface area contributed by atoms with Gasteiger partial charge in [-0.2, -0.15) is 4.91 Å². The Hall–Kier alpha value is -2.08. The molecule has 6 nitrogen and oxygen atoms in total. The number of benzene rings is 1. The van der Waals surface area contributed by atoms with Gasteiger partial charge in [-0.05, 0) is 73.4 Å². The zero-order valence-corrected chi connectivity index (χ0v) is 15.3. The summed E-state index contributed by atoms with van der Waals surface area (Å²) >= 11 is 0. The lowest BCUT2D eigenvalue weighted by Crippen LogP contribution is -2.74. The van der Waals surface area contributed by atoms with Crippen LogP contribution >= 0.6 is 0 Å². The predicted molar refractivity (Wildman–Crippen MR) is 101 cm³/mol. The zero-order chi connectivity index (χ0) is 18.4. The van der Waals surface area contributed by atoms with Crippen LogP contribution in [0.5, 0.6) is 5.75 Å². The van der Waals surface area contributed by atoms with E-state index in [4.69, 9.17) is 4.74 Å². The number of hydrogen-bond acceptors (Lipinski definition) is 6. The second-order valence-electron chi connectivity index (χ2n) is 9.09. The molecule has 1 aromatic carbocycles. The highest BCUT2D eigenvalue weighted by atomic mass is 16.5. The van der Waals surface area contributed by atoms with Crippen LogP contribution in [-0.2, 0) is 11.8 Å². The van der Waals surface area contributed by atoms with Gasteiger partial charge in [-0.25, -0.2) is 0 Å². The number of nitrogens with zero attached hydrogens (tertiary/aromatic N) is 3. The van der Waals surface area contributed by atoms with Gasteiger partial charge in [0.2, 0.25) is 0 Å². The summed E-state index contributed by atoms with van der Waals surface area (Å²) in [5, 5.41) is 7.11. The van der Waals surface area contributed by atoms with Crippen molar-refractivity contribution in [2.24, 2.45) is 16.3 Å². The largest absolute Gasteiger partial charge is 0.482 e. The molecule has 0 radical (unpaired) electrons. The van der Waals surface area contributed by atoms with Crippen molar-refractivity contribution in [3.63, 3.8) is 0 Å². The summed E-state index contributed by atoms with van der Waals surface area (Å²) in [5.41, 5.74) is 2.39. The van der Waals surface area contributed by atoms with Gasteiger partial charge < -0.3 is 4.74 Å². The van der Waals surface area contributed by atoms with Gasteiger partial charge in [0.15, 0.2) is 5.75 Å². The molecule has 5 aliphatic rings. The van der Waals surface area contributed by atoms with Gasteiger partial charge in [-0.1, -0.05) is 17.8 Å². The van der Waals surface area contributed by atoms with Crippen molar-refractivity contribution in [2.75, 3.05) is 13.1 Å². The van der Waals surface area contributed by atoms with E-state index >= 15 is 0 Å². The van der Waals surface area contributed by atoms with Crippen LogP contribution in [0.3, 0.4) is 0 Å². The van der Waals surface area contributed by atoms with Crippen molar-refractivity contribution in [1.82, 2.24) is 4.90 Å². The van der Waals surface area contributed by atoms with E-state index in [1.165, 1.54) is 18.4 Å². The van der Waals surface area contributed by atoms with E-state index in [2.05, 4.69) is 21.8 Å². The summed E-state index contributed by atoms with van der Waals surface area (Å²) < 4.78 is 6.36. The molecule has 2 aliphatic heterocycles. The summed E-state index contributed by atoms with van der Waals surface area (Å²) in [6.45, 7) is 6.30. The van der Waals surface area contributed by atoms with Gasteiger partial charge in [0.1, 0.15) is 17.3 Å². The van der Waals surface area contributed by atoms with E-state index in [1.807, 2.05) is 6.07 Å². The van der Waals surface area contributed by atoms with Crippen molar-refractivity contribution >= 4 is 5.69 Å². The molecular formula is C21H23N3O3. The van der Waals surface area contributed by atoms with Crippen molar-refractivity contribution in [2.45, 2.75) is 61.6 Å². The molecular weight excluding hydrogens is 342 g/mol. The van der Waals surface area contributed by atoms with Crippen molar-refractivity contribution in [3.05, 3.63) is 45.2 Å². The number of ether oxygens (including phenoxy) is 1. The standard InChI is InChI=1S/C21H23N3O3/c1-12-6-7-21(23-26)16-10-14-4-5-15(22-25)18-17(14)20(21,19(12)27-18)8-9-24(16)11-13-2-3-13/h4-5,13,16,19H,1-3,6-11H2/t16-,19+,20+,21-/m1/s1. The molecule has 0 aromatic heterocycles. The summed E-state index contributed by atoms with van der Waals surface area (Å²) in [6.07, 6.45) is 5.42. The highest BCUT2D eigenvalue weighted by Gasteiger charge is 2.73. The maximum absolute atomic E-state index is 12.6. The molecule has 0 N–H and O–H groups in total. The minimum Gasteiger partial charge on any atom is -0.482 e. The monoisotopic (exact) mass is 365 g/mol. The van der Waals surface area contributed by atoms with Gasteiger partial charge in [-0.3, -0.25) is 4.90 Å². The molecule has 4 atom stereocenters. The molecule has 1 saturated heterocycles. The third-order valence-corrected chi connectivity index (χ3v) is 7.97. The third kappa shape index (κ3) is 1.71. The second-order valence-corrected chi connectivity index (χ2v) is 9.09. The Morgan fingerprint density at radius 2 is 2.11 bits per heavy atom. The van der Waals surface area contributed by atoms with E-state index in [-0.39, 0.29) is 12.1 Å². The van der Waals surface area contributed by atoms with Crippen LogP contribution < -0.4 is 4.74 Å². The second kappa shape index (κ2) is 5.04. The predicted octanol–water partition coefficient (Wildman–Crippen LogP) is 3.98. The molecule has 3 fully saturated rings. The minimum absolute atomic E-state index is 0.108. The van der Waals surface area contributed by atoms with E-state index in [1.54, 1.807) is 6.07 Å². The zero-order valence-electron chi connectivity index (χ0n) is 15.3. The van der Waals surface area contributed by atoms with Crippen LogP contribution in [0, 0.1) is 15.7 Å². The number of piperidine rings is 1. The van der Waals surface area contributed by atoms with Gasteiger partial charge in [0, 0.05) is 18.2 Å². The molecule has 1 aromatic rings. The molecule has 2 bridgehead atoms. The average Bonchev–Trinajstić information content (AvgIpc) is 3.43. The first-order valence-corrected chi connectivity index (χ1v) is 10.1. The molecule has 140 valence electrons. The van der Waals surface area contributed by atoms with Crippen LogP contribution in [0.4, 0.5) is 5.69 Å². The Morgan fingerprint density at radius 1 is 1.26 bits per heavy atom. The summed E-state index contributed by atoms with van der Waals surface area (Å²) in [5.74, 6) is 1.35. The molecule has 0 unspecified atom stereocenters. The summed E-state index contributed by atoms with van der Waals surface area (Å²) in [4.78, 5) is 26.5. The Bertz CT molecular complexity index is 895. The normalized spacial score (nSPS) is 38.9. The number of likely N-dealkylation sites (tertiary alicyclic amines) is 1.